The summed E-state index contributed by atoms with van der Waals surface area (Å²) in [6.45, 7) is 0. The van der Waals surface area contributed by atoms with Crippen molar-refractivity contribution >= 4 is 10.9 Å². The molecule has 8 heteroatoms. The maximum atomic E-state index is 13.9. The first-order valence-electron chi connectivity index (χ1n) is 7.60. The van der Waals surface area contributed by atoms with Crippen molar-refractivity contribution in [1.29, 1.82) is 0 Å². The number of aromatic amines is 1. The van der Waals surface area contributed by atoms with Crippen LogP contribution in [-0.4, -0.2) is 27.3 Å². The van der Waals surface area contributed by atoms with Gasteiger partial charge in [0.1, 0.15) is 11.3 Å². The van der Waals surface area contributed by atoms with Crippen molar-refractivity contribution in [3.63, 3.8) is 0 Å². The number of ether oxygens (including phenoxy) is 1. The summed E-state index contributed by atoms with van der Waals surface area (Å²) >= 11 is 0. The average Bonchev–Trinajstić information content (AvgIpc) is 3.11. The average molecular weight is 353 g/mol. The number of hydrogen-bond donors (Lipinski definition) is 2. The molecule has 0 bridgehead atoms. The van der Waals surface area contributed by atoms with Gasteiger partial charge >= 0.3 is 0 Å². The molecular formula is C18H12FN3O4. The summed E-state index contributed by atoms with van der Waals surface area (Å²) in [5, 5.41) is 14.7. The van der Waals surface area contributed by atoms with Gasteiger partial charge < -0.3 is 19.4 Å². The van der Waals surface area contributed by atoms with E-state index in [2.05, 4.69) is 15.1 Å². The monoisotopic (exact) mass is 353 g/mol. The van der Waals surface area contributed by atoms with Gasteiger partial charge in [-0.15, -0.1) is 0 Å². The summed E-state index contributed by atoms with van der Waals surface area (Å²) < 4.78 is 23.8. The third kappa shape index (κ3) is 2.48. The van der Waals surface area contributed by atoms with Crippen LogP contribution in [0.5, 0.6) is 11.5 Å². The van der Waals surface area contributed by atoms with Gasteiger partial charge in [-0.1, -0.05) is 17.3 Å². The molecule has 130 valence electrons. The standard InChI is InChI=1S/C18H12FN3O4/c1-25-13-7-6-9(8-11(13)19)16-21-18(26-22-16)14-15(23)10-4-2-3-5-12(10)20-17(14)24/h2-8H,1H3,(H2,20,23,24). The van der Waals surface area contributed by atoms with Crippen molar-refractivity contribution in [2.24, 2.45) is 0 Å². The number of hydrogen-bond acceptors (Lipinski definition) is 6. The highest BCUT2D eigenvalue weighted by Crippen LogP contribution is 2.32. The Morgan fingerprint density at radius 1 is 1.23 bits per heavy atom. The van der Waals surface area contributed by atoms with E-state index in [-0.39, 0.29) is 28.8 Å². The smallest absolute Gasteiger partial charge is 0.267 e. The topological polar surface area (TPSA) is 101 Å². The van der Waals surface area contributed by atoms with E-state index in [9.17, 15) is 14.3 Å². The summed E-state index contributed by atoms with van der Waals surface area (Å²) in [4.78, 5) is 19.1. The van der Waals surface area contributed by atoms with Gasteiger partial charge in [0.2, 0.25) is 5.82 Å². The third-order valence-electron chi connectivity index (χ3n) is 3.94. The number of aromatic hydroxyl groups is 1. The number of methoxy groups -OCH3 is 1. The van der Waals surface area contributed by atoms with Crippen LogP contribution in [0.2, 0.25) is 0 Å². The largest absolute Gasteiger partial charge is 0.506 e. The number of H-pyrrole nitrogens is 1. The van der Waals surface area contributed by atoms with Crippen LogP contribution in [0.3, 0.4) is 0 Å². The molecule has 0 aliphatic carbocycles. The summed E-state index contributed by atoms with van der Waals surface area (Å²) in [6, 6.07) is 11.0. The predicted octanol–water partition coefficient (Wildman–Crippen LogP) is 3.10. The fraction of sp³-hybridized carbons (Fsp3) is 0.0556. The van der Waals surface area contributed by atoms with E-state index in [1.54, 1.807) is 30.3 Å². The van der Waals surface area contributed by atoms with E-state index in [0.717, 1.165) is 0 Å². The number of rotatable bonds is 3. The second-order valence-electron chi connectivity index (χ2n) is 5.50. The number of para-hydroxylation sites is 1. The van der Waals surface area contributed by atoms with Gasteiger partial charge in [-0.2, -0.15) is 4.98 Å². The molecule has 0 amide bonds. The van der Waals surface area contributed by atoms with Gasteiger partial charge in [0, 0.05) is 10.9 Å². The van der Waals surface area contributed by atoms with Crippen LogP contribution in [0.15, 0.2) is 51.8 Å². The lowest BCUT2D eigenvalue weighted by Crippen LogP contribution is -2.09. The quantitative estimate of drug-likeness (QED) is 0.587. The molecule has 2 heterocycles. The minimum atomic E-state index is -0.581. The molecule has 0 saturated heterocycles. The Hall–Kier alpha value is -3.68. The second kappa shape index (κ2) is 5.99. The highest BCUT2D eigenvalue weighted by Gasteiger charge is 2.20. The van der Waals surface area contributed by atoms with E-state index < -0.39 is 11.4 Å². The Balaban J connectivity index is 1.83. The van der Waals surface area contributed by atoms with Crippen LogP contribution in [0.1, 0.15) is 0 Å². The molecule has 0 atom stereocenters. The Bertz CT molecular complexity index is 1180. The van der Waals surface area contributed by atoms with Gasteiger partial charge in [0.05, 0.1) is 12.6 Å². The zero-order valence-electron chi connectivity index (χ0n) is 13.5. The molecule has 0 aliphatic heterocycles. The van der Waals surface area contributed by atoms with Crippen molar-refractivity contribution in [2.45, 2.75) is 0 Å². The molecule has 4 aromatic rings. The molecule has 0 unspecified atom stereocenters. The van der Waals surface area contributed by atoms with Gasteiger partial charge in [0.25, 0.3) is 11.4 Å². The van der Waals surface area contributed by atoms with Crippen molar-refractivity contribution < 1.29 is 18.8 Å². The lowest BCUT2D eigenvalue weighted by atomic mass is 10.1. The Kier molecular flexibility index (Phi) is 3.65. The zero-order chi connectivity index (χ0) is 18.3. The van der Waals surface area contributed by atoms with Gasteiger partial charge in [-0.3, -0.25) is 4.79 Å². The Morgan fingerprint density at radius 3 is 2.81 bits per heavy atom. The van der Waals surface area contributed by atoms with Crippen molar-refractivity contribution in [2.75, 3.05) is 7.11 Å². The molecule has 0 aliphatic rings. The van der Waals surface area contributed by atoms with E-state index >= 15 is 0 Å². The molecule has 2 N–H and O–H groups in total. The van der Waals surface area contributed by atoms with Crippen LogP contribution in [-0.2, 0) is 0 Å². The first-order chi connectivity index (χ1) is 12.6. The number of nitrogens with one attached hydrogen (secondary N) is 1. The lowest BCUT2D eigenvalue weighted by molar-refractivity contribution is 0.386. The second-order valence-corrected chi connectivity index (χ2v) is 5.50. The fourth-order valence-corrected chi connectivity index (χ4v) is 2.67. The minimum absolute atomic E-state index is 0.0773. The Morgan fingerprint density at radius 2 is 2.04 bits per heavy atom. The maximum absolute atomic E-state index is 13.9. The highest BCUT2D eigenvalue weighted by atomic mass is 19.1. The summed E-state index contributed by atoms with van der Waals surface area (Å²) in [7, 11) is 1.36. The molecule has 26 heavy (non-hydrogen) atoms. The lowest BCUT2D eigenvalue weighted by Gasteiger charge is -2.03. The van der Waals surface area contributed by atoms with Gasteiger partial charge in [-0.25, -0.2) is 4.39 Å². The van der Waals surface area contributed by atoms with Crippen LogP contribution < -0.4 is 10.3 Å². The fourth-order valence-electron chi connectivity index (χ4n) is 2.67. The zero-order valence-corrected chi connectivity index (χ0v) is 13.5. The van der Waals surface area contributed by atoms with Gasteiger partial charge in [-0.05, 0) is 30.3 Å². The van der Waals surface area contributed by atoms with Gasteiger partial charge in [0.15, 0.2) is 11.6 Å². The van der Waals surface area contributed by atoms with Crippen LogP contribution in [0.4, 0.5) is 4.39 Å². The van der Waals surface area contributed by atoms with Crippen molar-refractivity contribution in [3.05, 3.63) is 58.6 Å². The van der Waals surface area contributed by atoms with E-state index in [4.69, 9.17) is 9.26 Å². The number of nitrogens with zero attached hydrogens (tertiary/aromatic N) is 2. The van der Waals surface area contributed by atoms with Crippen LogP contribution in [0, 0.1) is 5.82 Å². The summed E-state index contributed by atoms with van der Waals surface area (Å²) in [5.41, 5.74) is 0.111. The minimum Gasteiger partial charge on any atom is -0.506 e. The predicted molar refractivity (Wildman–Crippen MR) is 91.5 cm³/mol. The number of pyridine rings is 1. The van der Waals surface area contributed by atoms with Crippen LogP contribution in [0.25, 0.3) is 33.7 Å². The molecule has 0 spiro atoms. The third-order valence-corrected chi connectivity index (χ3v) is 3.94. The molecule has 0 saturated carbocycles. The summed E-state index contributed by atoms with van der Waals surface area (Å²) in [6.07, 6.45) is 0. The molecule has 0 fully saturated rings. The Labute approximate surface area is 145 Å². The maximum Gasteiger partial charge on any atom is 0.267 e. The molecule has 2 aromatic heterocycles. The number of aromatic nitrogens is 3. The summed E-state index contributed by atoms with van der Waals surface area (Å²) in [5.74, 6) is -0.849. The number of halogens is 1. The molecule has 7 nitrogen and oxygen atoms in total. The molecule has 4 rings (SSSR count). The SMILES string of the molecule is COc1ccc(-c2noc(-c3c(O)c4ccccc4[nH]c3=O)n2)cc1F. The number of fused-ring (bicyclic) bond motifs is 1. The normalized spacial score (nSPS) is 11.0. The molecular weight excluding hydrogens is 341 g/mol. The van der Waals surface area contributed by atoms with Crippen molar-refractivity contribution in [1.82, 2.24) is 15.1 Å². The molecule has 2 aromatic carbocycles. The number of benzene rings is 2. The van der Waals surface area contributed by atoms with E-state index in [1.165, 1.54) is 19.2 Å². The highest BCUT2D eigenvalue weighted by molar-refractivity contribution is 5.90. The first-order valence-corrected chi connectivity index (χ1v) is 7.60. The van der Waals surface area contributed by atoms with E-state index in [0.29, 0.717) is 16.5 Å². The van der Waals surface area contributed by atoms with E-state index in [1.807, 2.05) is 0 Å². The first kappa shape index (κ1) is 15.8. The van der Waals surface area contributed by atoms with Crippen LogP contribution >= 0.6 is 0 Å². The molecule has 0 radical (unpaired) electrons. The van der Waals surface area contributed by atoms with Crippen molar-refractivity contribution in [3.8, 4) is 34.3 Å².